The first-order valence-electron chi connectivity index (χ1n) is 24.3. The Hall–Kier alpha value is -5.78. The quantitative estimate of drug-likeness (QED) is 0.0712. The Morgan fingerprint density at radius 1 is 0.928 bits per heavy atom. The molecule has 3 aliphatic heterocycles. The summed E-state index contributed by atoms with van der Waals surface area (Å²) in [7, 11) is 2.19. The van der Waals surface area contributed by atoms with Gasteiger partial charge in [0.15, 0.2) is 0 Å². The molecule has 15 nitrogen and oxygen atoms in total. The van der Waals surface area contributed by atoms with Crippen molar-refractivity contribution in [3.8, 4) is 11.1 Å². The maximum Gasteiger partial charge on any atom is 0.254 e. The van der Waals surface area contributed by atoms with E-state index >= 15 is 0 Å². The summed E-state index contributed by atoms with van der Waals surface area (Å²) < 4.78 is 21.5. The van der Waals surface area contributed by atoms with Gasteiger partial charge in [-0.25, -0.2) is 9.37 Å². The van der Waals surface area contributed by atoms with Gasteiger partial charge in [0.25, 0.3) is 5.91 Å². The summed E-state index contributed by atoms with van der Waals surface area (Å²) in [5.74, 6) is -0.304. The minimum atomic E-state index is -0.398. The second-order valence-electron chi connectivity index (χ2n) is 18.7. The average Bonchev–Trinajstić information content (AvgIpc) is 3.90. The van der Waals surface area contributed by atoms with Crippen LogP contribution in [0.1, 0.15) is 79.4 Å². The number of piperazine rings is 2. The van der Waals surface area contributed by atoms with Gasteiger partial charge in [-0.15, -0.1) is 0 Å². The molecule has 0 bridgehead atoms. The number of ether oxygens (including phenoxy) is 1. The van der Waals surface area contributed by atoms with Crippen LogP contribution in [0.25, 0.3) is 22.2 Å². The van der Waals surface area contributed by atoms with Crippen LogP contribution in [-0.4, -0.2) is 144 Å². The number of nitrogens with zero attached hydrogens (tertiary/aromatic N) is 8. The second-order valence-corrected chi connectivity index (χ2v) is 19.1. The smallest absolute Gasteiger partial charge is 0.254 e. The van der Waals surface area contributed by atoms with Crippen molar-refractivity contribution in [2.45, 2.75) is 77.0 Å². The number of hydrogen-bond donors (Lipinski definition) is 2. The molecule has 1 atom stereocenters. The molecule has 69 heavy (non-hydrogen) atoms. The lowest BCUT2D eigenvalue weighted by Gasteiger charge is -2.36. The van der Waals surface area contributed by atoms with Gasteiger partial charge in [0, 0.05) is 136 Å². The first-order valence-corrected chi connectivity index (χ1v) is 24.7. The molecule has 1 unspecified atom stereocenters. The lowest BCUT2D eigenvalue weighted by Crippen LogP contribution is -2.47. The Labute approximate surface area is 408 Å². The van der Waals surface area contributed by atoms with E-state index in [2.05, 4.69) is 83.4 Å². The Morgan fingerprint density at radius 3 is 2.41 bits per heavy atom. The van der Waals surface area contributed by atoms with E-state index in [4.69, 9.17) is 21.3 Å². The van der Waals surface area contributed by atoms with Gasteiger partial charge in [0.1, 0.15) is 24.4 Å². The van der Waals surface area contributed by atoms with Crippen LogP contribution in [0, 0.1) is 5.82 Å². The third-order valence-electron chi connectivity index (χ3n) is 13.9. The predicted molar refractivity (Wildman–Crippen MR) is 267 cm³/mol. The summed E-state index contributed by atoms with van der Waals surface area (Å²) in [6, 6.07) is 19.7. The molecule has 3 aromatic carbocycles. The van der Waals surface area contributed by atoms with Crippen LogP contribution >= 0.6 is 11.6 Å². The highest BCUT2D eigenvalue weighted by atomic mass is 35.5. The van der Waals surface area contributed by atoms with Crippen LogP contribution in [0.5, 0.6) is 0 Å². The zero-order valence-electron chi connectivity index (χ0n) is 39.8. The Kier molecular flexibility index (Phi) is 17.0. The maximum absolute atomic E-state index is 13.9. The number of aldehydes is 1. The maximum atomic E-state index is 13.9. The molecule has 5 aromatic rings. The predicted octanol–water partition coefficient (Wildman–Crippen LogP) is 7.31. The van der Waals surface area contributed by atoms with E-state index in [1.54, 1.807) is 11.0 Å². The van der Waals surface area contributed by atoms with Crippen molar-refractivity contribution in [2.24, 2.45) is 0 Å². The molecule has 2 aromatic heterocycles. The third kappa shape index (κ3) is 12.9. The van der Waals surface area contributed by atoms with Gasteiger partial charge >= 0.3 is 0 Å². The number of amides is 3. The summed E-state index contributed by atoms with van der Waals surface area (Å²) >= 11 is 6.05. The zero-order valence-corrected chi connectivity index (χ0v) is 40.5. The molecule has 4 aliphatic rings. The fraction of sp³-hybridized carbons (Fsp3) is 0.462. The van der Waals surface area contributed by atoms with E-state index in [-0.39, 0.29) is 30.9 Å². The zero-order chi connectivity index (χ0) is 48.3. The van der Waals surface area contributed by atoms with Gasteiger partial charge in [-0.2, -0.15) is 4.98 Å². The molecule has 0 radical (unpaired) electrons. The highest BCUT2D eigenvalue weighted by Gasteiger charge is 2.32. The summed E-state index contributed by atoms with van der Waals surface area (Å²) in [5, 5.41) is 6.63. The number of likely N-dealkylation sites (N-methyl/N-ethyl adjacent to an activating group) is 1. The number of carbonyl (C=O) groups excluding carboxylic acids is 4. The summed E-state index contributed by atoms with van der Waals surface area (Å²) in [6.07, 6.45) is 12.1. The third-order valence-corrected chi connectivity index (χ3v) is 14.1. The van der Waals surface area contributed by atoms with Gasteiger partial charge in [-0.1, -0.05) is 55.1 Å². The lowest BCUT2D eigenvalue weighted by molar-refractivity contribution is -0.125. The number of halogens is 2. The molecule has 1 aliphatic carbocycles. The molecule has 17 heteroatoms. The topological polar surface area (TPSA) is 148 Å². The van der Waals surface area contributed by atoms with Crippen molar-refractivity contribution >= 4 is 64.5 Å². The van der Waals surface area contributed by atoms with E-state index < -0.39 is 5.82 Å². The molecule has 3 fully saturated rings. The number of nitrogens with one attached hydrogen (secondary N) is 2. The number of benzene rings is 3. The van der Waals surface area contributed by atoms with Gasteiger partial charge in [0.05, 0.1) is 6.61 Å². The van der Waals surface area contributed by atoms with Crippen molar-refractivity contribution in [1.29, 1.82) is 0 Å². The molecule has 2 N–H and O–H groups in total. The highest BCUT2D eigenvalue weighted by Crippen LogP contribution is 2.37. The minimum Gasteiger partial charge on any atom is -0.373 e. The number of hydrogen-bond acceptors (Lipinski definition) is 12. The van der Waals surface area contributed by atoms with Crippen molar-refractivity contribution in [3.05, 3.63) is 101 Å². The lowest BCUT2D eigenvalue weighted by atomic mass is 9.95. The fourth-order valence-corrected chi connectivity index (χ4v) is 10.1. The van der Waals surface area contributed by atoms with Gasteiger partial charge in [0.2, 0.25) is 18.3 Å². The number of anilines is 3. The second kappa shape index (κ2) is 23.7. The number of carbonyl (C=O) groups is 4. The first-order chi connectivity index (χ1) is 33.5. The number of fused-ring (bicyclic) bond motifs is 2. The summed E-state index contributed by atoms with van der Waals surface area (Å²) in [5.41, 5.74) is 7.95. The van der Waals surface area contributed by atoms with Crippen LogP contribution in [0.4, 0.5) is 21.7 Å². The van der Waals surface area contributed by atoms with Gasteiger partial charge in [-0.05, 0) is 86.3 Å². The van der Waals surface area contributed by atoms with Crippen LogP contribution in [0.2, 0.25) is 5.02 Å². The van der Waals surface area contributed by atoms with Gasteiger partial charge < -0.3 is 34.1 Å². The Morgan fingerprint density at radius 2 is 1.68 bits per heavy atom. The van der Waals surface area contributed by atoms with Crippen LogP contribution < -0.4 is 15.5 Å². The van der Waals surface area contributed by atoms with E-state index in [1.165, 1.54) is 42.5 Å². The van der Waals surface area contributed by atoms with Gasteiger partial charge in [-0.3, -0.25) is 29.5 Å². The largest absolute Gasteiger partial charge is 0.373 e. The Bertz CT molecular complexity index is 2540. The molecule has 0 spiro atoms. The van der Waals surface area contributed by atoms with E-state index in [9.17, 15) is 23.6 Å². The van der Waals surface area contributed by atoms with E-state index in [0.29, 0.717) is 48.7 Å². The number of aromatic nitrogens is 3. The van der Waals surface area contributed by atoms with Crippen molar-refractivity contribution in [3.63, 3.8) is 0 Å². The molecular formula is C52H64ClFN10O5. The summed E-state index contributed by atoms with van der Waals surface area (Å²) in [4.78, 5) is 65.8. The Balaban J connectivity index is 0.000000190. The van der Waals surface area contributed by atoms with E-state index in [0.717, 1.165) is 118 Å². The van der Waals surface area contributed by atoms with Crippen molar-refractivity contribution < 1.29 is 28.3 Å². The molecule has 1 saturated carbocycles. The average molecular weight is 964 g/mol. The standard InChI is InChI=1S/C30H34ClFN6.C22H30N4O5/c1-36-11-13-37(14-12-36)19-21-7-9-22(10-8-21)28-20-38(26-5-3-2-4-6-26)29-27(28)18-33-30(35-29)34-25-16-23(31)15-24(32)17-25;1-17(2-5-21(29)23-16-28)26-15-18-14-19(3-4-20(18)22(26)30)25-8-6-24(7-9-25)10-12-31-13-11-27/h7-10,15-18,20,26H,2-6,11-14,19H2,1H3,(H,33,34,35);3-4,11,14,16-17H,2,5-10,12-13,15H2,1H3,(H,23,28,29). The molecular weight excluding hydrogens is 899 g/mol. The summed E-state index contributed by atoms with van der Waals surface area (Å²) in [6.45, 7) is 13.1. The highest BCUT2D eigenvalue weighted by molar-refractivity contribution is 6.30. The fourth-order valence-electron chi connectivity index (χ4n) is 9.84. The van der Waals surface area contributed by atoms with Crippen LogP contribution in [0.3, 0.4) is 0 Å². The normalized spacial score (nSPS) is 17.6. The van der Waals surface area contributed by atoms with Crippen LogP contribution in [-0.2, 0) is 32.2 Å². The molecule has 3 amide bonds. The minimum absolute atomic E-state index is 0.00927. The first kappa shape index (κ1) is 49.6. The number of rotatable bonds is 17. The molecule has 5 heterocycles. The molecule has 9 rings (SSSR count). The van der Waals surface area contributed by atoms with Crippen molar-refractivity contribution in [1.82, 2.24) is 39.5 Å². The van der Waals surface area contributed by atoms with E-state index in [1.807, 2.05) is 25.3 Å². The molecule has 2 saturated heterocycles. The molecule has 366 valence electrons. The van der Waals surface area contributed by atoms with Crippen LogP contribution in [0.15, 0.2) is 73.1 Å². The SMILES string of the molecule is CC(CCC(=O)NC=O)N1Cc2cc(N3CCN(CCOCC=O)CC3)ccc2C1=O.CN1CCN(Cc2ccc(-c3cn(C4CCCCC4)c4nc(Nc5cc(F)cc(Cl)c5)ncc34)cc2)CC1. The number of imide groups is 1. The van der Waals surface area contributed by atoms with Crippen molar-refractivity contribution in [2.75, 3.05) is 89.4 Å². The monoisotopic (exact) mass is 962 g/mol.